The number of thioether (sulfide) groups is 1. The smallest absolute Gasteiger partial charge is 0.234 e. The Hall–Kier alpha value is -1.77. The molecular weight excluding hydrogens is 410 g/mol. The second-order valence-corrected chi connectivity index (χ2v) is 8.29. The van der Waals surface area contributed by atoms with Crippen LogP contribution in [-0.4, -0.2) is 52.5 Å². The number of rotatable bonds is 11. The molecule has 160 valence electrons. The maximum Gasteiger partial charge on any atom is 0.234 e. The molecule has 0 aliphatic carbocycles. The largest absolute Gasteiger partial charge is 0.495 e. The lowest BCUT2D eigenvalue weighted by molar-refractivity contribution is -0.113. The third kappa shape index (κ3) is 6.35. The molecule has 1 N–H and O–H groups in total. The van der Waals surface area contributed by atoms with Gasteiger partial charge in [-0.05, 0) is 45.1 Å². The highest BCUT2D eigenvalue weighted by atomic mass is 35.5. The number of amides is 1. The first-order valence-electron chi connectivity index (χ1n) is 9.76. The Morgan fingerprint density at radius 1 is 1.34 bits per heavy atom. The van der Waals surface area contributed by atoms with Gasteiger partial charge < -0.3 is 14.6 Å². The summed E-state index contributed by atoms with van der Waals surface area (Å²) >= 11 is 7.42. The summed E-state index contributed by atoms with van der Waals surface area (Å²) in [5.41, 5.74) is 0.553. The molecule has 0 spiro atoms. The van der Waals surface area contributed by atoms with Crippen LogP contribution in [0.3, 0.4) is 0 Å². The Labute approximate surface area is 182 Å². The van der Waals surface area contributed by atoms with E-state index in [-0.39, 0.29) is 17.7 Å². The molecule has 0 unspecified atom stereocenters. The molecular formula is C20H30ClN5O2S. The minimum atomic E-state index is -0.151. The van der Waals surface area contributed by atoms with Crippen molar-refractivity contribution < 1.29 is 9.53 Å². The van der Waals surface area contributed by atoms with Gasteiger partial charge >= 0.3 is 0 Å². The van der Waals surface area contributed by atoms with Crippen molar-refractivity contribution >= 4 is 35.0 Å². The van der Waals surface area contributed by atoms with Crippen molar-refractivity contribution in [2.75, 3.05) is 32.3 Å². The third-order valence-electron chi connectivity index (χ3n) is 4.56. The van der Waals surface area contributed by atoms with E-state index in [0.29, 0.717) is 16.5 Å². The Kier molecular flexibility index (Phi) is 9.26. The third-order valence-corrected chi connectivity index (χ3v) is 5.76. The van der Waals surface area contributed by atoms with Gasteiger partial charge in [0.1, 0.15) is 5.75 Å². The minimum Gasteiger partial charge on any atom is -0.495 e. The van der Waals surface area contributed by atoms with Crippen LogP contribution in [-0.2, 0) is 11.3 Å². The Morgan fingerprint density at radius 2 is 2.10 bits per heavy atom. The normalized spacial score (nSPS) is 12.2. The number of aromatic nitrogens is 3. The van der Waals surface area contributed by atoms with Gasteiger partial charge in [0.05, 0.1) is 24.6 Å². The number of unbranched alkanes of at least 4 members (excludes halogenated alkanes) is 1. The van der Waals surface area contributed by atoms with Crippen molar-refractivity contribution in [2.45, 2.75) is 50.9 Å². The number of hydrogen-bond acceptors (Lipinski definition) is 6. The molecule has 2 aromatic rings. The number of benzene rings is 1. The van der Waals surface area contributed by atoms with Crippen LogP contribution in [0.4, 0.5) is 5.69 Å². The summed E-state index contributed by atoms with van der Waals surface area (Å²) in [5.74, 6) is 1.59. The zero-order valence-corrected chi connectivity index (χ0v) is 19.3. The number of carbonyl (C=O) groups excluding carboxylic acids is 1. The highest BCUT2D eigenvalue weighted by molar-refractivity contribution is 7.99. The van der Waals surface area contributed by atoms with E-state index in [9.17, 15) is 4.79 Å². The fraction of sp³-hybridized carbons (Fsp3) is 0.550. The van der Waals surface area contributed by atoms with Gasteiger partial charge in [-0.25, -0.2) is 0 Å². The number of nitrogens with one attached hydrogen (secondary N) is 1. The van der Waals surface area contributed by atoms with E-state index in [2.05, 4.69) is 38.8 Å². The molecule has 0 saturated heterocycles. The lowest BCUT2D eigenvalue weighted by Gasteiger charge is -2.23. The van der Waals surface area contributed by atoms with Gasteiger partial charge in [0.2, 0.25) is 5.91 Å². The maximum atomic E-state index is 12.5. The lowest BCUT2D eigenvalue weighted by atomic mass is 10.2. The predicted molar refractivity (Wildman–Crippen MR) is 119 cm³/mol. The Morgan fingerprint density at radius 3 is 2.72 bits per heavy atom. The molecule has 2 rings (SSSR count). The van der Waals surface area contributed by atoms with Gasteiger partial charge in [-0.1, -0.05) is 43.6 Å². The number of hydrogen-bond donors (Lipinski definition) is 1. The van der Waals surface area contributed by atoms with E-state index < -0.39 is 0 Å². The average molecular weight is 440 g/mol. The molecule has 0 fully saturated rings. The van der Waals surface area contributed by atoms with Crippen LogP contribution in [0, 0.1) is 0 Å². The number of nitrogens with zero attached hydrogens (tertiary/aromatic N) is 4. The number of halogens is 1. The van der Waals surface area contributed by atoms with E-state index >= 15 is 0 Å². The number of methoxy groups -OCH3 is 1. The molecule has 0 radical (unpaired) electrons. The zero-order valence-electron chi connectivity index (χ0n) is 17.7. The van der Waals surface area contributed by atoms with Crippen LogP contribution in [0.25, 0.3) is 0 Å². The quantitative estimate of drug-likeness (QED) is 0.520. The van der Waals surface area contributed by atoms with E-state index in [4.69, 9.17) is 16.3 Å². The SMILES string of the molecule is CCCCn1c(SCC(=O)Nc2cc(Cl)ccc2OC)nnc1[C@H](CC)N(C)C. The fourth-order valence-corrected chi connectivity index (χ4v) is 4.00. The molecule has 0 saturated carbocycles. The van der Waals surface area contributed by atoms with Crippen LogP contribution in [0.1, 0.15) is 45.0 Å². The molecule has 7 nitrogen and oxygen atoms in total. The monoisotopic (exact) mass is 439 g/mol. The predicted octanol–water partition coefficient (Wildman–Crippen LogP) is 4.48. The van der Waals surface area contributed by atoms with E-state index in [1.54, 1.807) is 25.3 Å². The van der Waals surface area contributed by atoms with Gasteiger partial charge in [-0.15, -0.1) is 10.2 Å². The average Bonchev–Trinajstić information content (AvgIpc) is 3.07. The molecule has 1 aromatic heterocycles. The summed E-state index contributed by atoms with van der Waals surface area (Å²) < 4.78 is 7.43. The van der Waals surface area contributed by atoms with Gasteiger partial charge in [0, 0.05) is 11.6 Å². The number of ether oxygens (including phenoxy) is 1. The van der Waals surface area contributed by atoms with Gasteiger partial charge in [-0.2, -0.15) is 0 Å². The second kappa shape index (κ2) is 11.4. The molecule has 0 aliphatic heterocycles. The van der Waals surface area contributed by atoms with Crippen molar-refractivity contribution in [3.05, 3.63) is 29.0 Å². The van der Waals surface area contributed by atoms with Gasteiger partial charge in [0.15, 0.2) is 11.0 Å². The highest BCUT2D eigenvalue weighted by Crippen LogP contribution is 2.29. The first-order chi connectivity index (χ1) is 13.9. The van der Waals surface area contributed by atoms with Gasteiger partial charge in [0.25, 0.3) is 0 Å². The second-order valence-electron chi connectivity index (χ2n) is 6.92. The first kappa shape index (κ1) is 23.5. The van der Waals surface area contributed by atoms with Crippen LogP contribution >= 0.6 is 23.4 Å². The molecule has 0 aliphatic rings. The van der Waals surface area contributed by atoms with E-state index in [0.717, 1.165) is 36.8 Å². The van der Waals surface area contributed by atoms with Crippen molar-refractivity contribution in [2.24, 2.45) is 0 Å². The molecule has 1 heterocycles. The van der Waals surface area contributed by atoms with Gasteiger partial charge in [-0.3, -0.25) is 9.69 Å². The highest BCUT2D eigenvalue weighted by Gasteiger charge is 2.22. The minimum absolute atomic E-state index is 0.151. The fourth-order valence-electron chi connectivity index (χ4n) is 3.05. The van der Waals surface area contributed by atoms with Crippen LogP contribution in [0.5, 0.6) is 5.75 Å². The van der Waals surface area contributed by atoms with E-state index in [1.165, 1.54) is 11.8 Å². The van der Waals surface area contributed by atoms with Crippen LogP contribution in [0.15, 0.2) is 23.4 Å². The molecule has 1 atom stereocenters. The summed E-state index contributed by atoms with van der Waals surface area (Å²) in [5, 5.41) is 13.0. The van der Waals surface area contributed by atoms with E-state index in [1.807, 2.05) is 14.1 Å². The molecule has 1 aromatic carbocycles. The van der Waals surface area contributed by atoms with Crippen molar-refractivity contribution in [3.8, 4) is 5.75 Å². The zero-order chi connectivity index (χ0) is 21.4. The molecule has 29 heavy (non-hydrogen) atoms. The summed E-state index contributed by atoms with van der Waals surface area (Å²) in [6.45, 7) is 5.14. The first-order valence-corrected chi connectivity index (χ1v) is 11.1. The topological polar surface area (TPSA) is 72.3 Å². The summed E-state index contributed by atoms with van der Waals surface area (Å²) in [6.07, 6.45) is 3.06. The number of anilines is 1. The van der Waals surface area contributed by atoms with Crippen LogP contribution < -0.4 is 10.1 Å². The molecule has 9 heteroatoms. The lowest BCUT2D eigenvalue weighted by Crippen LogP contribution is -2.23. The summed E-state index contributed by atoms with van der Waals surface area (Å²) in [7, 11) is 5.65. The summed E-state index contributed by atoms with van der Waals surface area (Å²) in [6, 6.07) is 5.31. The standard InChI is InChI=1S/C20H30ClN5O2S/c1-6-8-11-26-19(16(7-2)25(3)4)23-24-20(26)29-13-18(27)22-15-12-14(21)9-10-17(15)28-5/h9-10,12,16H,6-8,11,13H2,1-5H3,(H,22,27)/t16-/m0/s1. The maximum absolute atomic E-state index is 12.5. The number of carbonyl (C=O) groups is 1. The Bertz CT molecular complexity index is 812. The summed E-state index contributed by atoms with van der Waals surface area (Å²) in [4.78, 5) is 14.7. The van der Waals surface area contributed by atoms with Crippen molar-refractivity contribution in [3.63, 3.8) is 0 Å². The van der Waals surface area contributed by atoms with Crippen molar-refractivity contribution in [1.82, 2.24) is 19.7 Å². The molecule has 0 bridgehead atoms. The van der Waals surface area contributed by atoms with Crippen molar-refractivity contribution in [1.29, 1.82) is 0 Å². The Balaban J connectivity index is 2.12. The van der Waals surface area contributed by atoms with Crippen LogP contribution in [0.2, 0.25) is 5.02 Å². The molecule has 1 amide bonds.